The summed E-state index contributed by atoms with van der Waals surface area (Å²) < 4.78 is 11.3. The fraction of sp³-hybridized carbons (Fsp3) is 0.481. The minimum absolute atomic E-state index is 0.0135. The molecular weight excluding hydrogens is 430 g/mol. The van der Waals surface area contributed by atoms with Gasteiger partial charge in [-0.05, 0) is 43.2 Å². The number of nitrogens with zero attached hydrogens (tertiary/aromatic N) is 3. The molecule has 4 rings (SSSR count). The predicted octanol–water partition coefficient (Wildman–Crippen LogP) is 3.35. The third kappa shape index (κ3) is 5.77. The van der Waals surface area contributed by atoms with Crippen LogP contribution in [0.5, 0.6) is 5.75 Å². The summed E-state index contributed by atoms with van der Waals surface area (Å²) in [6, 6.07) is 15.6. The van der Waals surface area contributed by atoms with Crippen molar-refractivity contribution in [3.8, 4) is 5.75 Å². The van der Waals surface area contributed by atoms with Crippen LogP contribution < -0.4 is 4.74 Å². The lowest BCUT2D eigenvalue weighted by atomic mass is 9.99. The number of benzene rings is 2. The molecule has 7 nitrogen and oxygen atoms in total. The first-order chi connectivity index (χ1) is 16.4. The first kappa shape index (κ1) is 24.2. The van der Waals surface area contributed by atoms with Crippen LogP contribution in [0.15, 0.2) is 48.5 Å². The number of amides is 2. The minimum Gasteiger partial charge on any atom is -0.491 e. The van der Waals surface area contributed by atoms with E-state index in [2.05, 4.69) is 4.90 Å². The molecule has 2 fully saturated rings. The topological polar surface area (TPSA) is 62.3 Å². The molecule has 0 N–H and O–H groups in total. The molecule has 7 heteroatoms. The smallest absolute Gasteiger partial charge is 0.254 e. The van der Waals surface area contributed by atoms with Crippen LogP contribution in [0.1, 0.15) is 48.3 Å². The predicted molar refractivity (Wildman–Crippen MR) is 131 cm³/mol. The van der Waals surface area contributed by atoms with Crippen LogP contribution in [-0.4, -0.2) is 78.6 Å². The van der Waals surface area contributed by atoms with E-state index in [0.717, 1.165) is 55.3 Å². The summed E-state index contributed by atoms with van der Waals surface area (Å²) in [5.74, 6) is 0.843. The third-order valence-electron chi connectivity index (χ3n) is 6.47. The number of piperazine rings is 1. The van der Waals surface area contributed by atoms with Gasteiger partial charge in [-0.3, -0.25) is 14.5 Å². The Morgan fingerprint density at radius 2 is 1.71 bits per heavy atom. The number of morpholine rings is 1. The van der Waals surface area contributed by atoms with Crippen LogP contribution in [0, 0.1) is 0 Å². The fourth-order valence-corrected chi connectivity index (χ4v) is 4.66. The Balaban J connectivity index is 1.59. The van der Waals surface area contributed by atoms with Crippen LogP contribution in [0.3, 0.4) is 0 Å². The average molecular weight is 466 g/mol. The average Bonchev–Trinajstić information content (AvgIpc) is 2.84. The molecule has 2 heterocycles. The molecule has 2 saturated heterocycles. The second kappa shape index (κ2) is 11.0. The van der Waals surface area contributed by atoms with Gasteiger partial charge in [0.05, 0.1) is 25.4 Å². The van der Waals surface area contributed by atoms with Gasteiger partial charge in [0.15, 0.2) is 0 Å². The number of ether oxygens (including phenoxy) is 2. The van der Waals surface area contributed by atoms with Gasteiger partial charge in [0.1, 0.15) is 5.75 Å². The molecule has 2 aromatic carbocycles. The number of carbonyl (C=O) groups excluding carboxylic acids is 2. The van der Waals surface area contributed by atoms with Gasteiger partial charge in [-0.15, -0.1) is 0 Å². The van der Waals surface area contributed by atoms with E-state index in [1.165, 1.54) is 0 Å². The molecule has 0 unspecified atom stereocenters. The quantitative estimate of drug-likeness (QED) is 0.655. The zero-order chi connectivity index (χ0) is 24.1. The van der Waals surface area contributed by atoms with E-state index in [4.69, 9.17) is 9.47 Å². The van der Waals surface area contributed by atoms with Crippen LogP contribution in [0.2, 0.25) is 0 Å². The highest BCUT2D eigenvalue weighted by molar-refractivity contribution is 5.96. The first-order valence-corrected chi connectivity index (χ1v) is 12.1. The van der Waals surface area contributed by atoms with Crippen molar-refractivity contribution in [2.75, 3.05) is 45.9 Å². The zero-order valence-corrected chi connectivity index (χ0v) is 20.4. The molecule has 0 bridgehead atoms. The highest BCUT2D eigenvalue weighted by atomic mass is 16.5. The van der Waals surface area contributed by atoms with Crippen LogP contribution in [0.25, 0.3) is 0 Å². The molecule has 0 spiro atoms. The summed E-state index contributed by atoms with van der Waals surface area (Å²) in [5.41, 5.74) is 2.76. The van der Waals surface area contributed by atoms with E-state index >= 15 is 0 Å². The number of rotatable bonds is 6. The van der Waals surface area contributed by atoms with Crippen LogP contribution in [-0.2, 0) is 16.1 Å². The highest BCUT2D eigenvalue weighted by Crippen LogP contribution is 2.30. The molecule has 0 aromatic heterocycles. The Hall–Kier alpha value is -2.90. The van der Waals surface area contributed by atoms with E-state index in [1.54, 1.807) is 6.92 Å². The molecular formula is C27H35N3O4. The highest BCUT2D eigenvalue weighted by Gasteiger charge is 2.34. The van der Waals surface area contributed by atoms with Crippen molar-refractivity contribution in [1.82, 2.24) is 14.7 Å². The number of hydrogen-bond donors (Lipinski definition) is 0. The van der Waals surface area contributed by atoms with E-state index in [0.29, 0.717) is 19.6 Å². The van der Waals surface area contributed by atoms with Crippen molar-refractivity contribution in [1.29, 1.82) is 0 Å². The minimum atomic E-state index is -0.213. The van der Waals surface area contributed by atoms with Gasteiger partial charge in [0.2, 0.25) is 5.91 Å². The summed E-state index contributed by atoms with van der Waals surface area (Å²) in [6.45, 7) is 11.0. The SMILES string of the molecule is CC(=O)N1CCN(C(=O)c2ccccc2CN2CCOCC2)[C@@H](c2ccc(OC(C)C)cc2)C1. The lowest BCUT2D eigenvalue weighted by Crippen LogP contribution is -2.52. The third-order valence-corrected chi connectivity index (χ3v) is 6.47. The Morgan fingerprint density at radius 3 is 2.38 bits per heavy atom. The van der Waals surface area contributed by atoms with E-state index in [1.807, 2.05) is 72.2 Å². The molecule has 1 atom stereocenters. The molecule has 0 radical (unpaired) electrons. The maximum atomic E-state index is 13.9. The molecule has 0 aliphatic carbocycles. The summed E-state index contributed by atoms with van der Waals surface area (Å²) in [6.07, 6.45) is 0.0924. The van der Waals surface area contributed by atoms with Crippen molar-refractivity contribution >= 4 is 11.8 Å². The van der Waals surface area contributed by atoms with E-state index < -0.39 is 0 Å². The summed E-state index contributed by atoms with van der Waals surface area (Å²) >= 11 is 0. The van der Waals surface area contributed by atoms with Crippen molar-refractivity contribution < 1.29 is 19.1 Å². The summed E-state index contributed by atoms with van der Waals surface area (Å²) in [4.78, 5) is 32.1. The molecule has 2 amide bonds. The second-order valence-electron chi connectivity index (χ2n) is 9.26. The van der Waals surface area contributed by atoms with Gasteiger partial charge in [-0.1, -0.05) is 30.3 Å². The van der Waals surface area contributed by atoms with E-state index in [-0.39, 0.29) is 24.0 Å². The largest absolute Gasteiger partial charge is 0.491 e. The Labute approximate surface area is 202 Å². The van der Waals surface area contributed by atoms with Gasteiger partial charge >= 0.3 is 0 Å². The fourth-order valence-electron chi connectivity index (χ4n) is 4.66. The lowest BCUT2D eigenvalue weighted by molar-refractivity contribution is -0.131. The monoisotopic (exact) mass is 465 g/mol. The zero-order valence-electron chi connectivity index (χ0n) is 20.4. The van der Waals surface area contributed by atoms with Crippen molar-refractivity contribution in [2.45, 2.75) is 39.5 Å². The van der Waals surface area contributed by atoms with E-state index in [9.17, 15) is 9.59 Å². The Bertz CT molecular complexity index is 986. The molecule has 2 aliphatic rings. The van der Waals surface area contributed by atoms with Gasteiger partial charge in [0.25, 0.3) is 5.91 Å². The van der Waals surface area contributed by atoms with Crippen LogP contribution in [0.4, 0.5) is 0 Å². The van der Waals surface area contributed by atoms with Crippen molar-refractivity contribution in [3.63, 3.8) is 0 Å². The second-order valence-corrected chi connectivity index (χ2v) is 9.26. The van der Waals surface area contributed by atoms with Gasteiger partial charge < -0.3 is 19.3 Å². The summed E-state index contributed by atoms with van der Waals surface area (Å²) in [7, 11) is 0. The van der Waals surface area contributed by atoms with Crippen molar-refractivity contribution in [2.24, 2.45) is 0 Å². The van der Waals surface area contributed by atoms with Crippen molar-refractivity contribution in [3.05, 3.63) is 65.2 Å². The van der Waals surface area contributed by atoms with Gasteiger partial charge in [0, 0.05) is 51.8 Å². The maximum absolute atomic E-state index is 13.9. The number of hydrogen-bond acceptors (Lipinski definition) is 5. The molecule has 2 aliphatic heterocycles. The molecule has 182 valence electrons. The van der Waals surface area contributed by atoms with Crippen LogP contribution >= 0.6 is 0 Å². The standard InChI is InChI=1S/C27H35N3O4/c1-20(2)34-24-10-8-22(9-11-24)26-19-29(21(3)31)12-13-30(26)27(32)25-7-5-4-6-23(25)18-28-14-16-33-17-15-28/h4-11,20,26H,12-19H2,1-3H3/t26-/m1/s1. The summed E-state index contributed by atoms with van der Waals surface area (Å²) in [5, 5.41) is 0. The molecule has 2 aromatic rings. The lowest BCUT2D eigenvalue weighted by Gasteiger charge is -2.42. The Morgan fingerprint density at radius 1 is 1.00 bits per heavy atom. The maximum Gasteiger partial charge on any atom is 0.254 e. The number of carbonyl (C=O) groups is 2. The Kier molecular flexibility index (Phi) is 7.85. The molecule has 0 saturated carbocycles. The first-order valence-electron chi connectivity index (χ1n) is 12.1. The van der Waals surface area contributed by atoms with Gasteiger partial charge in [-0.25, -0.2) is 0 Å². The molecule has 34 heavy (non-hydrogen) atoms. The van der Waals surface area contributed by atoms with Gasteiger partial charge in [-0.2, -0.15) is 0 Å². The normalized spacial score (nSPS) is 19.4.